The fourth-order valence-corrected chi connectivity index (χ4v) is 2.72. The predicted molar refractivity (Wildman–Crippen MR) is 40.5 cm³/mol. The summed E-state index contributed by atoms with van der Waals surface area (Å²) in [5.74, 6) is -0.686. The number of rotatable bonds is 3. The number of aliphatic carboxylic acids is 1. The maximum Gasteiger partial charge on any atom is 0.305 e. The predicted octanol–water partition coefficient (Wildman–Crippen LogP) is 1.96. The van der Waals surface area contributed by atoms with E-state index in [1.54, 1.807) is 21.6 Å². The molecule has 2 nitrogen and oxygen atoms in total. The molecule has 0 aliphatic carbocycles. The summed E-state index contributed by atoms with van der Waals surface area (Å²) in [6.45, 7) is 2.02. The Labute approximate surface area is 61.8 Å². The first-order valence-electron chi connectivity index (χ1n) is 2.77. The van der Waals surface area contributed by atoms with Gasteiger partial charge in [-0.1, -0.05) is 28.5 Å². The molecule has 1 aliphatic heterocycles. The summed E-state index contributed by atoms with van der Waals surface area (Å²) in [4.78, 5) is 10.2. The van der Waals surface area contributed by atoms with Crippen LogP contribution in [0.2, 0.25) is 0 Å². The van der Waals surface area contributed by atoms with Crippen molar-refractivity contribution in [3.05, 3.63) is 0 Å². The van der Waals surface area contributed by atoms with Crippen molar-refractivity contribution >= 4 is 27.6 Å². The summed E-state index contributed by atoms with van der Waals surface area (Å²) in [7, 11) is 3.36. The van der Waals surface area contributed by atoms with Gasteiger partial charge in [-0.25, -0.2) is 0 Å². The van der Waals surface area contributed by atoms with E-state index < -0.39 is 5.97 Å². The van der Waals surface area contributed by atoms with Gasteiger partial charge in [-0.05, 0) is 6.42 Å². The van der Waals surface area contributed by atoms with Crippen molar-refractivity contribution in [3.8, 4) is 0 Å². The Balaban J connectivity index is 2.33. The van der Waals surface area contributed by atoms with E-state index in [0.717, 1.165) is 6.42 Å². The molecule has 0 radical (unpaired) electrons. The van der Waals surface area contributed by atoms with Gasteiger partial charge in [0.25, 0.3) is 0 Å². The molecule has 1 heterocycles. The van der Waals surface area contributed by atoms with E-state index in [0.29, 0.717) is 6.42 Å². The minimum absolute atomic E-state index is 0.0475. The van der Waals surface area contributed by atoms with Gasteiger partial charge in [-0.2, -0.15) is 0 Å². The molecular weight excluding hydrogens is 156 g/mol. The van der Waals surface area contributed by atoms with E-state index in [-0.39, 0.29) is 4.08 Å². The van der Waals surface area contributed by atoms with Gasteiger partial charge in [0.05, 0.1) is 10.5 Å². The van der Waals surface area contributed by atoms with Crippen LogP contribution in [0.25, 0.3) is 0 Å². The van der Waals surface area contributed by atoms with Crippen molar-refractivity contribution in [2.24, 2.45) is 0 Å². The van der Waals surface area contributed by atoms with E-state index in [4.69, 9.17) is 5.11 Å². The zero-order valence-corrected chi connectivity index (χ0v) is 6.72. The molecule has 9 heavy (non-hydrogen) atoms. The van der Waals surface area contributed by atoms with Crippen LogP contribution in [0.4, 0.5) is 0 Å². The quantitative estimate of drug-likeness (QED) is 0.511. The van der Waals surface area contributed by atoms with Gasteiger partial charge < -0.3 is 5.11 Å². The normalized spacial score (nSPS) is 21.4. The molecule has 1 aliphatic rings. The highest BCUT2D eigenvalue weighted by molar-refractivity contribution is 8.93. The van der Waals surface area contributed by atoms with E-state index >= 15 is 0 Å². The molecule has 4 heteroatoms. The number of carboxylic acids is 1. The number of carboxylic acid groups (broad SMARTS) is 1. The fraction of sp³-hybridized carbons (Fsp3) is 0.800. The topological polar surface area (TPSA) is 37.3 Å². The molecule has 1 rings (SSSR count). The maximum absolute atomic E-state index is 10.2. The smallest absolute Gasteiger partial charge is 0.305 e. The minimum Gasteiger partial charge on any atom is -0.481 e. The van der Waals surface area contributed by atoms with Gasteiger partial charge in [0.1, 0.15) is 0 Å². The summed E-state index contributed by atoms with van der Waals surface area (Å²) in [6, 6.07) is 0. The van der Waals surface area contributed by atoms with Crippen molar-refractivity contribution in [2.45, 2.75) is 23.8 Å². The summed E-state index contributed by atoms with van der Waals surface area (Å²) in [5.41, 5.74) is 0. The lowest BCUT2D eigenvalue weighted by molar-refractivity contribution is -0.137. The molecule has 0 aromatic rings. The van der Waals surface area contributed by atoms with Crippen LogP contribution in [-0.4, -0.2) is 15.2 Å². The van der Waals surface area contributed by atoms with E-state index in [2.05, 4.69) is 0 Å². The Hall–Kier alpha value is 0.170. The van der Waals surface area contributed by atoms with Gasteiger partial charge in [0.15, 0.2) is 0 Å². The van der Waals surface area contributed by atoms with Crippen LogP contribution in [0.5, 0.6) is 0 Å². The van der Waals surface area contributed by atoms with E-state index in [1.165, 1.54) is 0 Å². The minimum atomic E-state index is -0.686. The van der Waals surface area contributed by atoms with Crippen LogP contribution in [0, 0.1) is 0 Å². The highest BCUT2D eigenvalue weighted by atomic mass is 33.2. The third kappa shape index (κ3) is 1.79. The SMILES string of the molecule is CCC1(CC(=O)O)SS1. The Kier molecular flexibility index (Phi) is 1.96. The third-order valence-corrected chi connectivity index (χ3v) is 4.70. The lowest BCUT2D eigenvalue weighted by Crippen LogP contribution is -2.10. The van der Waals surface area contributed by atoms with E-state index in [9.17, 15) is 4.79 Å². The number of hydrogen-bond acceptors (Lipinski definition) is 3. The van der Waals surface area contributed by atoms with Crippen molar-refractivity contribution in [2.75, 3.05) is 0 Å². The Morgan fingerprint density at radius 1 is 1.67 bits per heavy atom. The van der Waals surface area contributed by atoms with Crippen LogP contribution in [0.15, 0.2) is 0 Å². The van der Waals surface area contributed by atoms with Gasteiger partial charge in [0.2, 0.25) is 0 Å². The summed E-state index contributed by atoms with van der Waals surface area (Å²) in [5, 5.41) is 8.39. The Morgan fingerprint density at radius 3 is 2.33 bits per heavy atom. The lowest BCUT2D eigenvalue weighted by Gasteiger charge is -2.01. The molecule has 0 bridgehead atoms. The highest BCUT2D eigenvalue weighted by Gasteiger charge is 2.45. The molecule has 0 aromatic heterocycles. The first-order chi connectivity index (χ1) is 4.18. The van der Waals surface area contributed by atoms with Crippen LogP contribution in [0.3, 0.4) is 0 Å². The average molecular weight is 164 g/mol. The first-order valence-corrected chi connectivity index (χ1v) is 4.92. The number of carbonyl (C=O) groups is 1. The molecule has 1 N–H and O–H groups in total. The molecule has 0 amide bonds. The maximum atomic E-state index is 10.2. The molecular formula is C5H8O2S2. The Bertz CT molecular complexity index is 131. The van der Waals surface area contributed by atoms with Crippen LogP contribution in [0.1, 0.15) is 19.8 Å². The van der Waals surface area contributed by atoms with Crippen molar-refractivity contribution < 1.29 is 9.90 Å². The second kappa shape index (κ2) is 2.42. The average Bonchev–Trinajstić information content (AvgIpc) is 2.48. The lowest BCUT2D eigenvalue weighted by atomic mass is 10.2. The Morgan fingerprint density at radius 2 is 2.22 bits per heavy atom. The van der Waals surface area contributed by atoms with Gasteiger partial charge in [-0.3, -0.25) is 4.79 Å². The molecule has 0 unspecified atom stereocenters. The van der Waals surface area contributed by atoms with Crippen molar-refractivity contribution in [1.29, 1.82) is 0 Å². The summed E-state index contributed by atoms with van der Waals surface area (Å²) < 4.78 is 0.0475. The monoisotopic (exact) mass is 164 g/mol. The van der Waals surface area contributed by atoms with Gasteiger partial charge in [-0.15, -0.1) is 0 Å². The summed E-state index contributed by atoms with van der Waals surface area (Å²) >= 11 is 0. The van der Waals surface area contributed by atoms with Crippen molar-refractivity contribution in [3.63, 3.8) is 0 Å². The molecule has 0 spiro atoms. The fourth-order valence-electron chi connectivity index (χ4n) is 0.591. The van der Waals surface area contributed by atoms with Crippen LogP contribution < -0.4 is 0 Å². The largest absolute Gasteiger partial charge is 0.481 e. The molecule has 52 valence electrons. The molecule has 0 aromatic carbocycles. The highest BCUT2D eigenvalue weighted by Crippen LogP contribution is 2.68. The summed E-state index contributed by atoms with van der Waals surface area (Å²) in [6.07, 6.45) is 1.26. The van der Waals surface area contributed by atoms with Crippen LogP contribution >= 0.6 is 21.6 Å². The zero-order valence-electron chi connectivity index (χ0n) is 5.09. The number of hydrogen-bond donors (Lipinski definition) is 1. The molecule has 0 atom stereocenters. The molecule has 1 fully saturated rings. The van der Waals surface area contributed by atoms with Crippen molar-refractivity contribution in [1.82, 2.24) is 0 Å². The second-order valence-electron chi connectivity index (χ2n) is 2.00. The zero-order chi connectivity index (χ0) is 6.91. The standard InChI is InChI=1S/C5H8O2S2/c1-2-5(8-9-5)3-4(6)7/h2-3H2,1H3,(H,6,7). The molecule has 0 saturated carbocycles. The first kappa shape index (κ1) is 7.28. The van der Waals surface area contributed by atoms with Crippen LogP contribution in [-0.2, 0) is 4.79 Å². The third-order valence-electron chi connectivity index (χ3n) is 1.28. The second-order valence-corrected chi connectivity index (χ2v) is 5.16. The molecule has 1 saturated heterocycles. The van der Waals surface area contributed by atoms with E-state index in [1.807, 2.05) is 6.92 Å². The van der Waals surface area contributed by atoms with Gasteiger partial charge >= 0.3 is 5.97 Å². The van der Waals surface area contributed by atoms with Gasteiger partial charge in [0, 0.05) is 0 Å².